The maximum Gasteiger partial charge on any atom is 0.416 e. The second kappa shape index (κ2) is 8.81. The molecule has 1 fully saturated rings. The third-order valence-corrected chi connectivity index (χ3v) is 5.22. The molecule has 0 aliphatic carbocycles. The van der Waals surface area contributed by atoms with Gasteiger partial charge in [-0.25, -0.2) is 4.79 Å². The van der Waals surface area contributed by atoms with Gasteiger partial charge in [0.05, 0.1) is 5.56 Å². The number of ether oxygens (including phenoxy) is 2. The van der Waals surface area contributed by atoms with Gasteiger partial charge in [-0.15, -0.1) is 0 Å². The molecule has 2 atom stereocenters. The molecule has 2 aromatic rings. The summed E-state index contributed by atoms with van der Waals surface area (Å²) in [6.45, 7) is 7.84. The Bertz CT molecular complexity index is 907. The fourth-order valence-corrected chi connectivity index (χ4v) is 3.74. The highest BCUT2D eigenvalue weighted by Crippen LogP contribution is 2.40. The van der Waals surface area contributed by atoms with Crippen LogP contribution >= 0.6 is 0 Å². The number of hydrogen-bond donors (Lipinski definition) is 0. The highest BCUT2D eigenvalue weighted by Gasteiger charge is 2.38. The first-order chi connectivity index (χ1) is 14.4. The maximum absolute atomic E-state index is 13.3. The maximum atomic E-state index is 13.3. The van der Waals surface area contributed by atoms with Crippen LogP contribution < -0.4 is 4.74 Å². The minimum atomic E-state index is -4.46. The molecule has 0 bridgehead atoms. The van der Waals surface area contributed by atoms with Crippen LogP contribution in [0.25, 0.3) is 0 Å². The van der Waals surface area contributed by atoms with E-state index in [2.05, 4.69) is 0 Å². The third kappa shape index (κ3) is 5.93. The van der Waals surface area contributed by atoms with Gasteiger partial charge < -0.3 is 14.4 Å². The number of rotatable bonds is 4. The van der Waals surface area contributed by atoms with Crippen molar-refractivity contribution in [1.29, 1.82) is 0 Å². The molecule has 168 valence electrons. The van der Waals surface area contributed by atoms with Crippen LogP contribution in [0.2, 0.25) is 0 Å². The molecule has 31 heavy (non-hydrogen) atoms. The zero-order valence-corrected chi connectivity index (χ0v) is 18.2. The van der Waals surface area contributed by atoms with E-state index in [0.717, 1.165) is 17.7 Å². The zero-order valence-electron chi connectivity index (χ0n) is 18.2. The SMILES string of the molecule is C[C@@H]1CC(c2ccc(C(F)(F)F)cc2OCc2ccccc2)CN1C(=O)OC(C)(C)C. The average Bonchev–Trinajstić information content (AvgIpc) is 3.06. The summed E-state index contributed by atoms with van der Waals surface area (Å²) < 4.78 is 51.2. The zero-order chi connectivity index (χ0) is 22.8. The molecular weight excluding hydrogens is 407 g/mol. The van der Waals surface area contributed by atoms with Crippen LogP contribution in [-0.4, -0.2) is 29.2 Å². The first-order valence-corrected chi connectivity index (χ1v) is 10.3. The number of amides is 1. The lowest BCUT2D eigenvalue weighted by Gasteiger charge is -2.27. The fraction of sp³-hybridized carbons (Fsp3) is 0.458. The second-order valence-corrected chi connectivity index (χ2v) is 8.94. The van der Waals surface area contributed by atoms with Crippen molar-refractivity contribution in [1.82, 2.24) is 4.90 Å². The van der Waals surface area contributed by atoms with Gasteiger partial charge in [0.2, 0.25) is 0 Å². The molecule has 1 heterocycles. The molecule has 0 aromatic heterocycles. The normalized spacial score (nSPS) is 19.4. The summed E-state index contributed by atoms with van der Waals surface area (Å²) in [4.78, 5) is 14.2. The van der Waals surface area contributed by atoms with Crippen molar-refractivity contribution >= 4 is 6.09 Å². The Kier molecular flexibility index (Phi) is 6.53. The molecular formula is C24H28F3NO3. The summed E-state index contributed by atoms with van der Waals surface area (Å²) in [6.07, 6.45) is -4.26. The van der Waals surface area contributed by atoms with Crippen molar-refractivity contribution < 1.29 is 27.4 Å². The minimum Gasteiger partial charge on any atom is -0.489 e. The number of carbonyl (C=O) groups is 1. The highest BCUT2D eigenvalue weighted by molar-refractivity contribution is 5.69. The molecule has 4 nitrogen and oxygen atoms in total. The number of likely N-dealkylation sites (tertiary alicyclic amines) is 1. The van der Waals surface area contributed by atoms with Crippen LogP contribution in [0.3, 0.4) is 0 Å². The van der Waals surface area contributed by atoms with Crippen molar-refractivity contribution in [2.45, 2.75) is 64.5 Å². The summed E-state index contributed by atoms with van der Waals surface area (Å²) in [7, 11) is 0. The number of hydrogen-bond acceptors (Lipinski definition) is 3. The minimum absolute atomic E-state index is 0.0934. The molecule has 7 heteroatoms. The molecule has 1 unspecified atom stereocenters. The van der Waals surface area contributed by atoms with Gasteiger partial charge in [0, 0.05) is 18.5 Å². The summed E-state index contributed by atoms with van der Waals surface area (Å²) in [5, 5.41) is 0. The predicted molar refractivity (Wildman–Crippen MR) is 112 cm³/mol. The quantitative estimate of drug-likeness (QED) is 0.558. The van der Waals surface area contributed by atoms with Crippen molar-refractivity contribution in [3.8, 4) is 5.75 Å². The van der Waals surface area contributed by atoms with Crippen molar-refractivity contribution in [2.24, 2.45) is 0 Å². The lowest BCUT2D eigenvalue weighted by molar-refractivity contribution is -0.137. The van der Waals surface area contributed by atoms with Gasteiger partial charge in [-0.1, -0.05) is 36.4 Å². The van der Waals surface area contributed by atoms with Crippen LogP contribution in [0, 0.1) is 0 Å². The monoisotopic (exact) mass is 435 g/mol. The summed E-state index contributed by atoms with van der Waals surface area (Å²) in [6, 6.07) is 12.8. The van der Waals surface area contributed by atoms with Crippen LogP contribution in [0.15, 0.2) is 48.5 Å². The smallest absolute Gasteiger partial charge is 0.416 e. The van der Waals surface area contributed by atoms with E-state index in [-0.39, 0.29) is 24.3 Å². The van der Waals surface area contributed by atoms with Gasteiger partial charge in [-0.2, -0.15) is 13.2 Å². The standard InChI is InChI=1S/C24H28F3NO3/c1-16-12-18(14-28(16)22(29)31-23(2,3)4)20-11-10-19(24(25,26)27)13-21(20)30-15-17-8-6-5-7-9-17/h5-11,13,16,18H,12,14-15H2,1-4H3/t16-,18?/m1/s1. The number of benzene rings is 2. The topological polar surface area (TPSA) is 38.8 Å². The van der Waals surface area contributed by atoms with Gasteiger partial charge in [-0.3, -0.25) is 0 Å². The van der Waals surface area contributed by atoms with E-state index >= 15 is 0 Å². The summed E-state index contributed by atoms with van der Waals surface area (Å²) in [5.74, 6) is 0.0532. The third-order valence-electron chi connectivity index (χ3n) is 5.22. The lowest BCUT2D eigenvalue weighted by Crippen LogP contribution is -2.38. The van der Waals surface area contributed by atoms with E-state index in [9.17, 15) is 18.0 Å². The highest BCUT2D eigenvalue weighted by atomic mass is 19.4. The lowest BCUT2D eigenvalue weighted by atomic mass is 9.94. The van der Waals surface area contributed by atoms with Crippen LogP contribution in [0.5, 0.6) is 5.75 Å². The molecule has 2 aromatic carbocycles. The van der Waals surface area contributed by atoms with E-state index in [1.165, 1.54) is 6.07 Å². The Labute approximate surface area is 181 Å². The first kappa shape index (κ1) is 23.0. The fourth-order valence-electron chi connectivity index (χ4n) is 3.74. The number of carbonyl (C=O) groups excluding carboxylic acids is 1. The average molecular weight is 435 g/mol. The second-order valence-electron chi connectivity index (χ2n) is 8.94. The van der Waals surface area contributed by atoms with E-state index in [1.54, 1.807) is 25.7 Å². The summed E-state index contributed by atoms with van der Waals surface area (Å²) >= 11 is 0. The number of halogens is 3. The van der Waals surface area contributed by atoms with E-state index in [0.29, 0.717) is 18.5 Å². The van der Waals surface area contributed by atoms with Gasteiger partial charge in [0.1, 0.15) is 18.0 Å². The molecule has 0 spiro atoms. The molecule has 1 saturated heterocycles. The Morgan fingerprint density at radius 1 is 1.10 bits per heavy atom. The molecule has 0 radical (unpaired) electrons. The van der Waals surface area contributed by atoms with Crippen molar-refractivity contribution in [3.63, 3.8) is 0 Å². The molecule has 1 aliphatic rings. The van der Waals surface area contributed by atoms with Gasteiger partial charge in [-0.05, 0) is 57.4 Å². The number of nitrogens with zero attached hydrogens (tertiary/aromatic N) is 1. The van der Waals surface area contributed by atoms with Crippen LogP contribution in [-0.2, 0) is 17.5 Å². The van der Waals surface area contributed by atoms with Crippen LogP contribution in [0.4, 0.5) is 18.0 Å². The Balaban J connectivity index is 1.84. The summed E-state index contributed by atoms with van der Waals surface area (Å²) in [5.41, 5.74) is 0.157. The van der Waals surface area contributed by atoms with Gasteiger partial charge in [0.25, 0.3) is 0 Å². The van der Waals surface area contributed by atoms with Crippen molar-refractivity contribution in [3.05, 3.63) is 65.2 Å². The Morgan fingerprint density at radius 3 is 2.39 bits per heavy atom. The Hall–Kier alpha value is -2.70. The number of alkyl halides is 3. The van der Waals surface area contributed by atoms with Crippen LogP contribution in [0.1, 0.15) is 56.7 Å². The molecule has 0 saturated carbocycles. The van der Waals surface area contributed by atoms with Gasteiger partial charge >= 0.3 is 12.3 Å². The van der Waals surface area contributed by atoms with E-state index in [1.807, 2.05) is 37.3 Å². The first-order valence-electron chi connectivity index (χ1n) is 10.3. The largest absolute Gasteiger partial charge is 0.489 e. The Morgan fingerprint density at radius 2 is 1.77 bits per heavy atom. The van der Waals surface area contributed by atoms with E-state index < -0.39 is 23.4 Å². The molecule has 3 rings (SSSR count). The van der Waals surface area contributed by atoms with Crippen molar-refractivity contribution in [2.75, 3.05) is 6.54 Å². The predicted octanol–water partition coefficient (Wildman–Crippen LogP) is 6.40. The molecule has 1 aliphatic heterocycles. The molecule has 1 amide bonds. The van der Waals surface area contributed by atoms with E-state index in [4.69, 9.17) is 9.47 Å². The molecule has 0 N–H and O–H groups in total. The van der Waals surface area contributed by atoms with Gasteiger partial charge in [0.15, 0.2) is 0 Å².